The second-order valence-corrected chi connectivity index (χ2v) is 4.76. The number of amides is 1. The number of carbonyl (C=O) groups is 1. The van der Waals surface area contributed by atoms with Crippen LogP contribution in [0.2, 0.25) is 0 Å². The molecule has 17 heavy (non-hydrogen) atoms. The van der Waals surface area contributed by atoms with Crippen molar-refractivity contribution >= 4 is 11.7 Å². The van der Waals surface area contributed by atoms with Gasteiger partial charge in [0, 0.05) is 26.3 Å². The SMILES string of the molecule is CN(C)C(=O)c1ccc(NC2CCCC2)nc1. The van der Waals surface area contributed by atoms with Gasteiger partial charge in [0.05, 0.1) is 5.56 Å². The molecule has 1 aromatic heterocycles. The molecule has 0 atom stereocenters. The lowest BCUT2D eigenvalue weighted by Crippen LogP contribution is -2.22. The number of nitrogens with zero attached hydrogens (tertiary/aromatic N) is 2. The third-order valence-corrected chi connectivity index (χ3v) is 3.12. The maximum atomic E-state index is 11.7. The van der Waals surface area contributed by atoms with Gasteiger partial charge in [0.25, 0.3) is 5.91 Å². The Bertz CT molecular complexity index is 380. The highest BCUT2D eigenvalue weighted by atomic mass is 16.2. The van der Waals surface area contributed by atoms with E-state index in [4.69, 9.17) is 0 Å². The van der Waals surface area contributed by atoms with E-state index in [1.807, 2.05) is 12.1 Å². The monoisotopic (exact) mass is 233 g/mol. The third kappa shape index (κ3) is 2.96. The second kappa shape index (κ2) is 5.17. The van der Waals surface area contributed by atoms with Gasteiger partial charge < -0.3 is 10.2 Å². The summed E-state index contributed by atoms with van der Waals surface area (Å²) < 4.78 is 0. The van der Waals surface area contributed by atoms with Crippen LogP contribution in [0.3, 0.4) is 0 Å². The van der Waals surface area contributed by atoms with Gasteiger partial charge in [-0.3, -0.25) is 4.79 Å². The highest BCUT2D eigenvalue weighted by Gasteiger charge is 2.15. The van der Waals surface area contributed by atoms with Gasteiger partial charge >= 0.3 is 0 Å². The molecule has 4 heteroatoms. The Balaban J connectivity index is 1.99. The van der Waals surface area contributed by atoms with Crippen molar-refractivity contribution < 1.29 is 4.79 Å². The first-order chi connectivity index (χ1) is 8.16. The van der Waals surface area contributed by atoms with Crippen LogP contribution in [-0.4, -0.2) is 35.9 Å². The second-order valence-electron chi connectivity index (χ2n) is 4.76. The first-order valence-electron chi connectivity index (χ1n) is 6.11. The molecule has 0 aliphatic heterocycles. The zero-order valence-electron chi connectivity index (χ0n) is 10.4. The van der Waals surface area contributed by atoms with E-state index in [1.54, 1.807) is 25.2 Å². The molecule has 1 N–H and O–H groups in total. The Hall–Kier alpha value is -1.58. The van der Waals surface area contributed by atoms with Crippen LogP contribution in [0.4, 0.5) is 5.82 Å². The summed E-state index contributed by atoms with van der Waals surface area (Å²) in [6, 6.07) is 4.26. The Morgan fingerprint density at radius 2 is 2.06 bits per heavy atom. The predicted molar refractivity (Wildman–Crippen MR) is 68.1 cm³/mol. The molecule has 92 valence electrons. The van der Waals surface area contributed by atoms with Gasteiger partial charge in [-0.25, -0.2) is 4.98 Å². The molecule has 1 aliphatic carbocycles. The van der Waals surface area contributed by atoms with E-state index >= 15 is 0 Å². The van der Waals surface area contributed by atoms with E-state index in [9.17, 15) is 4.79 Å². The summed E-state index contributed by atoms with van der Waals surface area (Å²) in [7, 11) is 3.49. The fraction of sp³-hybridized carbons (Fsp3) is 0.538. The Morgan fingerprint density at radius 3 is 2.59 bits per heavy atom. The van der Waals surface area contributed by atoms with Crippen molar-refractivity contribution in [1.82, 2.24) is 9.88 Å². The van der Waals surface area contributed by atoms with Crippen molar-refractivity contribution in [3.05, 3.63) is 23.9 Å². The number of nitrogens with one attached hydrogen (secondary N) is 1. The molecule has 0 unspecified atom stereocenters. The Kier molecular flexibility index (Phi) is 3.61. The number of hydrogen-bond acceptors (Lipinski definition) is 3. The Morgan fingerprint density at radius 1 is 1.35 bits per heavy atom. The molecular weight excluding hydrogens is 214 g/mol. The van der Waals surface area contributed by atoms with Crippen LogP contribution in [-0.2, 0) is 0 Å². The summed E-state index contributed by atoms with van der Waals surface area (Å²) >= 11 is 0. The van der Waals surface area contributed by atoms with Crippen LogP contribution in [0.15, 0.2) is 18.3 Å². The quantitative estimate of drug-likeness (QED) is 0.870. The molecule has 1 amide bonds. The van der Waals surface area contributed by atoms with Gasteiger partial charge in [0.15, 0.2) is 0 Å². The predicted octanol–water partition coefficient (Wildman–Crippen LogP) is 2.14. The smallest absolute Gasteiger partial charge is 0.254 e. The number of rotatable bonds is 3. The van der Waals surface area contributed by atoms with Crippen molar-refractivity contribution in [2.24, 2.45) is 0 Å². The summed E-state index contributed by atoms with van der Waals surface area (Å²) in [4.78, 5) is 17.5. The van der Waals surface area contributed by atoms with Crippen LogP contribution in [0, 0.1) is 0 Å². The summed E-state index contributed by atoms with van der Waals surface area (Å²) in [6.07, 6.45) is 6.68. The summed E-state index contributed by atoms with van der Waals surface area (Å²) in [6.45, 7) is 0. The number of pyridine rings is 1. The molecule has 0 radical (unpaired) electrons. The molecular formula is C13H19N3O. The minimum Gasteiger partial charge on any atom is -0.367 e. The molecule has 0 bridgehead atoms. The lowest BCUT2D eigenvalue weighted by atomic mass is 10.2. The molecule has 0 spiro atoms. The van der Waals surface area contributed by atoms with Crippen LogP contribution < -0.4 is 5.32 Å². The molecule has 0 saturated heterocycles. The van der Waals surface area contributed by atoms with E-state index < -0.39 is 0 Å². The third-order valence-electron chi connectivity index (χ3n) is 3.12. The van der Waals surface area contributed by atoms with Gasteiger partial charge in [-0.05, 0) is 25.0 Å². The van der Waals surface area contributed by atoms with Gasteiger partial charge in [-0.2, -0.15) is 0 Å². The largest absolute Gasteiger partial charge is 0.367 e. The topological polar surface area (TPSA) is 45.2 Å². The minimum absolute atomic E-state index is 0.00934. The number of anilines is 1. The zero-order chi connectivity index (χ0) is 12.3. The van der Waals surface area contributed by atoms with E-state index in [0.29, 0.717) is 11.6 Å². The average Bonchev–Trinajstić information content (AvgIpc) is 2.82. The molecule has 1 saturated carbocycles. The fourth-order valence-corrected chi connectivity index (χ4v) is 2.14. The molecule has 2 rings (SSSR count). The van der Waals surface area contributed by atoms with E-state index in [-0.39, 0.29) is 5.91 Å². The van der Waals surface area contributed by atoms with Gasteiger partial charge in [0.1, 0.15) is 5.82 Å². The summed E-state index contributed by atoms with van der Waals surface area (Å²) in [5, 5.41) is 3.40. The standard InChI is InChI=1S/C13H19N3O/c1-16(2)13(17)10-7-8-12(14-9-10)15-11-5-3-4-6-11/h7-9,11H,3-6H2,1-2H3,(H,14,15). The van der Waals surface area contributed by atoms with Gasteiger partial charge in [0.2, 0.25) is 0 Å². The van der Waals surface area contributed by atoms with E-state index in [1.165, 1.54) is 25.7 Å². The fourth-order valence-electron chi connectivity index (χ4n) is 2.14. The summed E-state index contributed by atoms with van der Waals surface area (Å²) in [5.74, 6) is 0.858. The summed E-state index contributed by atoms with van der Waals surface area (Å²) in [5.41, 5.74) is 0.631. The van der Waals surface area contributed by atoms with Crippen molar-refractivity contribution in [2.45, 2.75) is 31.7 Å². The molecule has 1 heterocycles. The number of aromatic nitrogens is 1. The molecule has 1 aromatic rings. The zero-order valence-corrected chi connectivity index (χ0v) is 10.4. The van der Waals surface area contributed by atoms with Crippen LogP contribution in [0.1, 0.15) is 36.0 Å². The van der Waals surface area contributed by atoms with Gasteiger partial charge in [-0.1, -0.05) is 12.8 Å². The van der Waals surface area contributed by atoms with Crippen LogP contribution in [0.25, 0.3) is 0 Å². The first kappa shape index (κ1) is 11.9. The minimum atomic E-state index is -0.00934. The molecule has 1 aliphatic rings. The first-order valence-corrected chi connectivity index (χ1v) is 6.11. The molecule has 4 nitrogen and oxygen atoms in total. The lowest BCUT2D eigenvalue weighted by molar-refractivity contribution is 0.0827. The lowest BCUT2D eigenvalue weighted by Gasteiger charge is -2.13. The average molecular weight is 233 g/mol. The Labute approximate surface area is 102 Å². The van der Waals surface area contributed by atoms with Crippen molar-refractivity contribution in [3.63, 3.8) is 0 Å². The van der Waals surface area contributed by atoms with E-state index in [2.05, 4.69) is 10.3 Å². The maximum absolute atomic E-state index is 11.7. The normalized spacial score (nSPS) is 15.9. The molecule has 1 fully saturated rings. The van der Waals surface area contributed by atoms with Crippen molar-refractivity contribution in [1.29, 1.82) is 0 Å². The highest BCUT2D eigenvalue weighted by molar-refractivity contribution is 5.93. The van der Waals surface area contributed by atoms with Crippen molar-refractivity contribution in [3.8, 4) is 0 Å². The highest BCUT2D eigenvalue weighted by Crippen LogP contribution is 2.21. The number of carbonyl (C=O) groups excluding carboxylic acids is 1. The van der Waals surface area contributed by atoms with E-state index in [0.717, 1.165) is 5.82 Å². The number of hydrogen-bond donors (Lipinski definition) is 1. The van der Waals surface area contributed by atoms with Gasteiger partial charge in [-0.15, -0.1) is 0 Å². The maximum Gasteiger partial charge on any atom is 0.254 e. The van der Waals surface area contributed by atoms with Crippen molar-refractivity contribution in [2.75, 3.05) is 19.4 Å². The van der Waals surface area contributed by atoms with Crippen LogP contribution >= 0.6 is 0 Å². The van der Waals surface area contributed by atoms with Crippen LogP contribution in [0.5, 0.6) is 0 Å². The molecule has 0 aromatic carbocycles.